The van der Waals surface area contributed by atoms with Crippen LogP contribution in [0.15, 0.2) is 24.4 Å². The topological polar surface area (TPSA) is 54.0 Å². The molecule has 0 aliphatic rings. The fraction of sp³-hybridized carbons (Fsp3) is 0.571. The number of unbranched alkanes of at least 4 members (excludes halogenated alkanes) is 2. The van der Waals surface area contributed by atoms with Crippen molar-refractivity contribution in [2.45, 2.75) is 52.1 Å². The zero-order valence-electron chi connectivity index (χ0n) is 11.3. The Labute approximate surface area is 109 Å². The molecule has 0 aromatic carbocycles. The summed E-state index contributed by atoms with van der Waals surface area (Å²) in [6.45, 7) is 4.68. The minimum atomic E-state index is -0.121. The van der Waals surface area contributed by atoms with Crippen LogP contribution < -0.4 is 10.6 Å². The molecule has 2 N–H and O–H groups in total. The Kier molecular flexibility index (Phi) is 6.84. The first-order valence-electron chi connectivity index (χ1n) is 6.66. The van der Waals surface area contributed by atoms with Crippen LogP contribution in [0.25, 0.3) is 0 Å². The number of rotatable bonds is 7. The van der Waals surface area contributed by atoms with Crippen molar-refractivity contribution in [2.75, 3.05) is 0 Å². The lowest BCUT2D eigenvalue weighted by Gasteiger charge is -2.14. The third kappa shape index (κ3) is 6.23. The molecule has 1 heterocycles. The average molecular weight is 249 g/mol. The monoisotopic (exact) mass is 249 g/mol. The van der Waals surface area contributed by atoms with Crippen LogP contribution in [0, 0.1) is 0 Å². The zero-order valence-corrected chi connectivity index (χ0v) is 11.3. The van der Waals surface area contributed by atoms with Gasteiger partial charge >= 0.3 is 6.03 Å². The lowest BCUT2D eigenvalue weighted by atomic mass is 10.1. The number of pyridine rings is 1. The molecule has 100 valence electrons. The van der Waals surface area contributed by atoms with E-state index >= 15 is 0 Å². The largest absolute Gasteiger partial charge is 0.336 e. The molecule has 0 bridgehead atoms. The van der Waals surface area contributed by atoms with Gasteiger partial charge in [-0.15, -0.1) is 0 Å². The van der Waals surface area contributed by atoms with Gasteiger partial charge in [0.25, 0.3) is 0 Å². The molecule has 1 aromatic rings. The average Bonchev–Trinajstić information content (AvgIpc) is 2.38. The second-order valence-electron chi connectivity index (χ2n) is 4.54. The van der Waals surface area contributed by atoms with Crippen LogP contribution in [0.5, 0.6) is 0 Å². The van der Waals surface area contributed by atoms with Gasteiger partial charge in [0.2, 0.25) is 0 Å². The Balaban J connectivity index is 2.17. The summed E-state index contributed by atoms with van der Waals surface area (Å²) in [5.41, 5.74) is 0.867. The molecule has 1 aromatic heterocycles. The summed E-state index contributed by atoms with van der Waals surface area (Å²) in [4.78, 5) is 15.8. The minimum absolute atomic E-state index is 0.121. The van der Waals surface area contributed by atoms with Crippen molar-refractivity contribution in [3.63, 3.8) is 0 Å². The van der Waals surface area contributed by atoms with Crippen molar-refractivity contribution in [3.8, 4) is 0 Å². The summed E-state index contributed by atoms with van der Waals surface area (Å²) in [7, 11) is 0. The maximum atomic E-state index is 11.6. The molecule has 4 nitrogen and oxygen atoms in total. The highest BCUT2D eigenvalue weighted by molar-refractivity contribution is 5.74. The molecule has 1 unspecified atom stereocenters. The zero-order chi connectivity index (χ0) is 13.2. The highest BCUT2D eigenvalue weighted by atomic mass is 16.2. The van der Waals surface area contributed by atoms with E-state index in [4.69, 9.17) is 0 Å². The Morgan fingerprint density at radius 1 is 1.39 bits per heavy atom. The quantitative estimate of drug-likeness (QED) is 0.730. The van der Waals surface area contributed by atoms with E-state index in [1.54, 1.807) is 6.20 Å². The number of hydrogen-bond donors (Lipinski definition) is 2. The third-order valence-corrected chi connectivity index (χ3v) is 2.77. The van der Waals surface area contributed by atoms with E-state index < -0.39 is 0 Å². The Bertz CT molecular complexity index is 340. The van der Waals surface area contributed by atoms with Gasteiger partial charge in [-0.2, -0.15) is 0 Å². The molecule has 0 saturated carbocycles. The fourth-order valence-electron chi connectivity index (χ4n) is 1.72. The van der Waals surface area contributed by atoms with E-state index in [0.717, 1.165) is 18.5 Å². The molecule has 0 spiro atoms. The lowest BCUT2D eigenvalue weighted by molar-refractivity contribution is 0.236. The molecule has 1 rings (SSSR count). The molecule has 4 heteroatoms. The molecule has 0 aliphatic heterocycles. The third-order valence-electron chi connectivity index (χ3n) is 2.77. The van der Waals surface area contributed by atoms with Crippen molar-refractivity contribution in [3.05, 3.63) is 30.1 Å². The first kappa shape index (κ1) is 14.5. The summed E-state index contributed by atoms with van der Waals surface area (Å²) < 4.78 is 0. The fourth-order valence-corrected chi connectivity index (χ4v) is 1.72. The van der Waals surface area contributed by atoms with E-state index in [1.165, 1.54) is 12.8 Å². The maximum Gasteiger partial charge on any atom is 0.315 e. The van der Waals surface area contributed by atoms with E-state index in [1.807, 2.05) is 25.1 Å². The molecule has 1 atom stereocenters. The van der Waals surface area contributed by atoms with E-state index in [9.17, 15) is 4.79 Å². The predicted octanol–water partition coefficient (Wildman–Crippen LogP) is 2.85. The number of nitrogens with one attached hydrogen (secondary N) is 2. The normalized spacial score (nSPS) is 11.9. The molecule has 0 saturated heterocycles. The second-order valence-corrected chi connectivity index (χ2v) is 4.54. The molecular weight excluding hydrogens is 226 g/mol. The van der Waals surface area contributed by atoms with Gasteiger partial charge in [-0.3, -0.25) is 4.98 Å². The standard InChI is InChI=1S/C14H23N3O/c1-3-4-5-8-12(2)17-14(18)16-11-13-9-6-7-10-15-13/h6-7,9-10,12H,3-5,8,11H2,1-2H3,(H2,16,17,18). The second kappa shape index (κ2) is 8.50. The Morgan fingerprint density at radius 2 is 2.22 bits per heavy atom. The van der Waals surface area contributed by atoms with E-state index in [2.05, 4.69) is 22.5 Å². The van der Waals surface area contributed by atoms with E-state index in [-0.39, 0.29) is 12.1 Å². The van der Waals surface area contributed by atoms with Crippen LogP contribution in [0.2, 0.25) is 0 Å². The number of carbonyl (C=O) groups is 1. The number of carbonyl (C=O) groups excluding carboxylic acids is 1. The predicted molar refractivity (Wildman–Crippen MR) is 73.2 cm³/mol. The van der Waals surface area contributed by atoms with E-state index in [0.29, 0.717) is 6.54 Å². The van der Waals surface area contributed by atoms with Crippen molar-refractivity contribution >= 4 is 6.03 Å². The van der Waals surface area contributed by atoms with Crippen molar-refractivity contribution in [1.82, 2.24) is 15.6 Å². The van der Waals surface area contributed by atoms with Crippen LogP contribution in [-0.2, 0) is 6.54 Å². The summed E-state index contributed by atoms with van der Waals surface area (Å²) in [5, 5.41) is 5.74. The highest BCUT2D eigenvalue weighted by Gasteiger charge is 2.06. The van der Waals surface area contributed by atoms with Crippen LogP contribution in [0.4, 0.5) is 4.79 Å². The maximum absolute atomic E-state index is 11.6. The molecule has 18 heavy (non-hydrogen) atoms. The van der Waals surface area contributed by atoms with Gasteiger partial charge < -0.3 is 10.6 Å². The summed E-state index contributed by atoms with van der Waals surface area (Å²) >= 11 is 0. The molecule has 0 radical (unpaired) electrons. The van der Waals surface area contributed by atoms with Crippen LogP contribution in [-0.4, -0.2) is 17.1 Å². The van der Waals surface area contributed by atoms with Gasteiger partial charge in [0.05, 0.1) is 12.2 Å². The van der Waals surface area contributed by atoms with Crippen molar-refractivity contribution in [2.24, 2.45) is 0 Å². The highest BCUT2D eigenvalue weighted by Crippen LogP contribution is 2.02. The minimum Gasteiger partial charge on any atom is -0.336 e. The summed E-state index contributed by atoms with van der Waals surface area (Å²) in [6, 6.07) is 5.77. The van der Waals surface area contributed by atoms with Crippen molar-refractivity contribution < 1.29 is 4.79 Å². The van der Waals surface area contributed by atoms with Crippen LogP contribution in [0.3, 0.4) is 0 Å². The number of urea groups is 1. The Hall–Kier alpha value is -1.58. The van der Waals surface area contributed by atoms with Gasteiger partial charge in [0, 0.05) is 12.2 Å². The number of aromatic nitrogens is 1. The first-order valence-corrected chi connectivity index (χ1v) is 6.66. The number of hydrogen-bond acceptors (Lipinski definition) is 2. The van der Waals surface area contributed by atoms with Gasteiger partial charge in [-0.25, -0.2) is 4.79 Å². The van der Waals surface area contributed by atoms with Crippen molar-refractivity contribution in [1.29, 1.82) is 0 Å². The molecular formula is C14H23N3O. The van der Waals surface area contributed by atoms with Gasteiger partial charge in [-0.1, -0.05) is 32.3 Å². The van der Waals surface area contributed by atoms with Gasteiger partial charge in [-0.05, 0) is 25.5 Å². The van der Waals surface area contributed by atoms with Gasteiger partial charge in [0.1, 0.15) is 0 Å². The smallest absolute Gasteiger partial charge is 0.315 e. The summed E-state index contributed by atoms with van der Waals surface area (Å²) in [5.74, 6) is 0. The number of amides is 2. The summed E-state index contributed by atoms with van der Waals surface area (Å²) in [6.07, 6.45) is 6.35. The van der Waals surface area contributed by atoms with Crippen LogP contribution >= 0.6 is 0 Å². The lowest BCUT2D eigenvalue weighted by Crippen LogP contribution is -2.40. The molecule has 0 aliphatic carbocycles. The molecule has 0 fully saturated rings. The number of nitrogens with zero attached hydrogens (tertiary/aromatic N) is 1. The first-order chi connectivity index (χ1) is 8.72. The van der Waals surface area contributed by atoms with Crippen LogP contribution in [0.1, 0.15) is 45.2 Å². The Morgan fingerprint density at radius 3 is 2.89 bits per heavy atom. The van der Waals surface area contributed by atoms with Gasteiger partial charge in [0.15, 0.2) is 0 Å². The SMILES string of the molecule is CCCCCC(C)NC(=O)NCc1ccccn1. The molecule has 2 amide bonds.